The van der Waals surface area contributed by atoms with Crippen LogP contribution in [0.1, 0.15) is 66.2 Å². The van der Waals surface area contributed by atoms with Gasteiger partial charge in [0.1, 0.15) is 27.6 Å². The molecule has 0 aromatic heterocycles. The fourth-order valence-electron chi connectivity index (χ4n) is 3.98. The number of nitrogens with two attached hydrogens (primary N) is 1. The lowest BCUT2D eigenvalue weighted by molar-refractivity contribution is -0.137. The Labute approximate surface area is 262 Å². The molecule has 0 aromatic rings. The maximum Gasteiger partial charge on any atom is 0.411 e. The van der Waals surface area contributed by atoms with Gasteiger partial charge >= 0.3 is 6.09 Å². The summed E-state index contributed by atoms with van der Waals surface area (Å²) in [5.41, 5.74) is 4.99. The molecule has 0 aliphatic heterocycles. The molecule has 6 amide bonds. The van der Waals surface area contributed by atoms with Gasteiger partial charge in [0.25, 0.3) is 17.6 Å². The van der Waals surface area contributed by atoms with Crippen molar-refractivity contribution in [3.8, 4) is 0 Å². The fourth-order valence-corrected chi connectivity index (χ4v) is 4.82. The van der Waals surface area contributed by atoms with Gasteiger partial charge in [-0.15, -0.1) is 0 Å². The van der Waals surface area contributed by atoms with E-state index in [1.807, 2.05) is 13.8 Å². The van der Waals surface area contributed by atoms with Crippen LogP contribution in [0.5, 0.6) is 0 Å². The highest BCUT2D eigenvalue weighted by molar-refractivity contribution is 7.90. The number of alkyl carbamates (subject to hydrolysis) is 1. The standard InChI is InChI=1S/C28H44N6O10S/c1-6-10-19(23(36)27(40)30-13-21(35)31-17(4)24(29)37)32-25(38)20(15-45(5,42)43)33-26(39)22(18-11-8-7-9-12-18)34-28(41)44-14-16(2)3/h10,16-17,20H,6-9,11-15H2,1-5H3,(H2,29,37)(H,30,40)(H,31,35)(H,32,38)(H,33,39)(H,34,41)/b19-10+/t17-,20-/m0/s1. The van der Waals surface area contributed by atoms with Crippen molar-refractivity contribution in [1.29, 1.82) is 0 Å². The molecule has 17 heteroatoms. The number of allylic oxidation sites excluding steroid dienone is 2. The molecule has 7 N–H and O–H groups in total. The second-order valence-electron chi connectivity index (χ2n) is 11.0. The third-order valence-corrected chi connectivity index (χ3v) is 7.17. The summed E-state index contributed by atoms with van der Waals surface area (Å²) in [5.74, 6) is -7.08. The minimum Gasteiger partial charge on any atom is -0.449 e. The lowest BCUT2D eigenvalue weighted by Gasteiger charge is -2.23. The number of ketones is 1. The van der Waals surface area contributed by atoms with E-state index in [-0.39, 0.29) is 24.6 Å². The summed E-state index contributed by atoms with van der Waals surface area (Å²) in [7, 11) is -3.89. The van der Waals surface area contributed by atoms with Gasteiger partial charge in [0.15, 0.2) is 0 Å². The molecule has 45 heavy (non-hydrogen) atoms. The minimum atomic E-state index is -3.89. The summed E-state index contributed by atoms with van der Waals surface area (Å²) in [6.07, 6.45) is 4.70. The van der Waals surface area contributed by atoms with E-state index in [1.54, 1.807) is 6.92 Å². The topological polar surface area (TPSA) is 249 Å². The van der Waals surface area contributed by atoms with Gasteiger partial charge in [-0.1, -0.05) is 33.3 Å². The van der Waals surface area contributed by atoms with Crippen molar-refractivity contribution in [2.45, 2.75) is 78.3 Å². The molecule has 16 nitrogen and oxygen atoms in total. The zero-order chi connectivity index (χ0) is 34.3. The SMILES string of the molecule is CC/C=C(/NC(=O)[C@H](CS(C)(=O)=O)NC(=O)C(NC(=O)OCC(C)C)=C1CCCCC1)C(=O)C(=O)NCC(=O)N[C@@H](C)C(N)=O. The van der Waals surface area contributed by atoms with E-state index in [9.17, 15) is 42.0 Å². The normalized spacial score (nSPS) is 14.8. The number of Topliss-reactive ketones (excluding diaryl/α,β-unsaturated/α-hetero) is 1. The number of amides is 6. The van der Waals surface area contributed by atoms with E-state index < -0.39 is 81.3 Å². The maximum atomic E-state index is 13.4. The second kappa shape index (κ2) is 18.5. The first-order valence-corrected chi connectivity index (χ1v) is 16.6. The lowest BCUT2D eigenvalue weighted by Crippen LogP contribution is -2.53. The monoisotopic (exact) mass is 656 g/mol. The highest BCUT2D eigenvalue weighted by Crippen LogP contribution is 2.25. The molecule has 0 heterocycles. The number of primary amides is 1. The molecular formula is C28H44N6O10S. The van der Waals surface area contributed by atoms with Crippen LogP contribution in [0, 0.1) is 5.92 Å². The molecule has 2 atom stereocenters. The van der Waals surface area contributed by atoms with Gasteiger partial charge < -0.3 is 31.7 Å². The highest BCUT2D eigenvalue weighted by atomic mass is 32.2. The van der Waals surface area contributed by atoms with Crippen molar-refractivity contribution >= 4 is 51.2 Å². The van der Waals surface area contributed by atoms with Gasteiger partial charge in [0, 0.05) is 6.26 Å². The van der Waals surface area contributed by atoms with E-state index in [1.165, 1.54) is 13.0 Å². The Balaban J connectivity index is 3.16. The Morgan fingerprint density at radius 3 is 2.09 bits per heavy atom. The third kappa shape index (κ3) is 14.8. The molecule has 0 saturated heterocycles. The molecule has 0 aromatic carbocycles. The Bertz CT molecular complexity index is 1310. The number of nitrogens with one attached hydrogen (secondary N) is 5. The molecule has 1 rings (SSSR count). The van der Waals surface area contributed by atoms with E-state index in [0.29, 0.717) is 18.4 Å². The van der Waals surface area contributed by atoms with Crippen molar-refractivity contribution in [1.82, 2.24) is 26.6 Å². The third-order valence-electron chi connectivity index (χ3n) is 6.23. The number of hydrogen-bond acceptors (Lipinski definition) is 10. The van der Waals surface area contributed by atoms with Crippen LogP contribution in [0.15, 0.2) is 23.0 Å². The van der Waals surface area contributed by atoms with E-state index >= 15 is 0 Å². The Morgan fingerprint density at radius 2 is 1.56 bits per heavy atom. The zero-order valence-electron chi connectivity index (χ0n) is 26.2. The van der Waals surface area contributed by atoms with Crippen LogP contribution in [0.2, 0.25) is 0 Å². The Kier molecular flexibility index (Phi) is 15.9. The van der Waals surface area contributed by atoms with Gasteiger partial charge in [-0.2, -0.15) is 0 Å². The van der Waals surface area contributed by atoms with Crippen LogP contribution in [0.25, 0.3) is 0 Å². The zero-order valence-corrected chi connectivity index (χ0v) is 27.1. The molecule has 0 unspecified atom stereocenters. The van der Waals surface area contributed by atoms with Crippen molar-refractivity contribution in [3.63, 3.8) is 0 Å². The molecule has 1 aliphatic carbocycles. The molecule has 0 radical (unpaired) electrons. The van der Waals surface area contributed by atoms with Gasteiger partial charge in [0.05, 0.1) is 24.6 Å². The van der Waals surface area contributed by atoms with Crippen LogP contribution < -0.4 is 32.3 Å². The molecule has 0 spiro atoms. The van der Waals surface area contributed by atoms with Crippen LogP contribution >= 0.6 is 0 Å². The summed E-state index contributed by atoms with van der Waals surface area (Å²) < 4.78 is 29.5. The second-order valence-corrected chi connectivity index (χ2v) is 13.2. The molecule has 0 bridgehead atoms. The Hall–Kier alpha value is -4.28. The maximum absolute atomic E-state index is 13.4. The molecule has 1 fully saturated rings. The minimum absolute atomic E-state index is 0.0241. The first-order valence-electron chi connectivity index (χ1n) is 14.5. The van der Waals surface area contributed by atoms with Crippen LogP contribution in [-0.4, -0.2) is 87.1 Å². The number of rotatable bonds is 16. The lowest BCUT2D eigenvalue weighted by atomic mass is 9.93. The van der Waals surface area contributed by atoms with E-state index in [4.69, 9.17) is 10.5 Å². The number of ether oxygens (including phenoxy) is 1. The van der Waals surface area contributed by atoms with Crippen molar-refractivity contribution in [2.24, 2.45) is 11.7 Å². The summed E-state index contributed by atoms with van der Waals surface area (Å²) in [6, 6.07) is -2.77. The average molecular weight is 657 g/mol. The predicted molar refractivity (Wildman–Crippen MR) is 162 cm³/mol. The number of carbonyl (C=O) groups excluding carboxylic acids is 7. The van der Waals surface area contributed by atoms with Crippen molar-refractivity contribution in [3.05, 3.63) is 23.0 Å². The van der Waals surface area contributed by atoms with Crippen LogP contribution in [0.3, 0.4) is 0 Å². The van der Waals surface area contributed by atoms with E-state index in [0.717, 1.165) is 25.5 Å². The van der Waals surface area contributed by atoms with Crippen LogP contribution in [-0.2, 0) is 43.3 Å². The predicted octanol–water partition coefficient (Wildman–Crippen LogP) is -0.798. The highest BCUT2D eigenvalue weighted by Gasteiger charge is 2.31. The van der Waals surface area contributed by atoms with Gasteiger partial charge in [0.2, 0.25) is 17.7 Å². The molecule has 1 saturated carbocycles. The summed E-state index contributed by atoms with van der Waals surface area (Å²) in [5, 5.41) is 11.2. The number of sulfone groups is 1. The fraction of sp³-hybridized carbons (Fsp3) is 0.607. The molecular weight excluding hydrogens is 612 g/mol. The largest absolute Gasteiger partial charge is 0.449 e. The quantitative estimate of drug-likeness (QED) is 0.0891. The molecule has 252 valence electrons. The van der Waals surface area contributed by atoms with Gasteiger partial charge in [-0.05, 0) is 50.5 Å². The number of carbonyl (C=O) groups is 7. The van der Waals surface area contributed by atoms with Gasteiger partial charge in [-0.3, -0.25) is 34.1 Å². The summed E-state index contributed by atoms with van der Waals surface area (Å²) in [6.45, 7) is 5.97. The first kappa shape index (κ1) is 38.7. The summed E-state index contributed by atoms with van der Waals surface area (Å²) in [4.78, 5) is 87.4. The van der Waals surface area contributed by atoms with Crippen molar-refractivity contribution < 1.29 is 46.7 Å². The Morgan fingerprint density at radius 1 is 0.933 bits per heavy atom. The van der Waals surface area contributed by atoms with Crippen molar-refractivity contribution in [2.75, 3.05) is 25.2 Å². The smallest absolute Gasteiger partial charge is 0.411 e. The average Bonchev–Trinajstić information content (AvgIpc) is 2.96. The van der Waals surface area contributed by atoms with Gasteiger partial charge in [-0.25, -0.2) is 13.2 Å². The number of hydrogen-bond donors (Lipinski definition) is 6. The van der Waals surface area contributed by atoms with E-state index in [2.05, 4.69) is 26.6 Å². The summed E-state index contributed by atoms with van der Waals surface area (Å²) >= 11 is 0. The van der Waals surface area contributed by atoms with Crippen LogP contribution in [0.4, 0.5) is 4.79 Å². The molecule has 1 aliphatic rings. The first-order chi connectivity index (χ1) is 20.9.